The topological polar surface area (TPSA) is 71.8 Å². The van der Waals surface area contributed by atoms with Gasteiger partial charge in [0.2, 0.25) is 10.0 Å². The first-order valence-corrected chi connectivity index (χ1v) is 14.3. The van der Waals surface area contributed by atoms with Gasteiger partial charge in [-0.05, 0) is 48.9 Å². The maximum absolute atomic E-state index is 13.7. The van der Waals surface area contributed by atoms with Crippen LogP contribution in [0.25, 0.3) is 23.0 Å². The number of ether oxygens (including phenoxy) is 1. The third-order valence-electron chi connectivity index (χ3n) is 6.98. The molecule has 39 heavy (non-hydrogen) atoms. The Morgan fingerprint density at radius 2 is 1.51 bits per heavy atom. The van der Waals surface area contributed by atoms with Crippen LogP contribution < -0.4 is 4.74 Å². The summed E-state index contributed by atoms with van der Waals surface area (Å²) in [5.74, 6) is 0.626. The summed E-state index contributed by atoms with van der Waals surface area (Å²) in [6.07, 6.45) is 1.60. The highest BCUT2D eigenvalue weighted by Crippen LogP contribution is 2.32. The van der Waals surface area contributed by atoms with E-state index in [9.17, 15) is 13.2 Å². The molecule has 1 aliphatic rings. The van der Waals surface area contributed by atoms with Gasteiger partial charge in [0, 0.05) is 48.5 Å². The lowest BCUT2D eigenvalue weighted by atomic mass is 10.1. The summed E-state index contributed by atoms with van der Waals surface area (Å²) in [5, 5.41) is 1.24. The summed E-state index contributed by atoms with van der Waals surface area (Å²) in [5.41, 5.74) is 5.00. The van der Waals surface area contributed by atoms with Crippen molar-refractivity contribution >= 4 is 22.0 Å². The fourth-order valence-corrected chi connectivity index (χ4v) is 6.03. The van der Waals surface area contributed by atoms with Crippen LogP contribution in [0.2, 0.25) is 0 Å². The predicted octanol–water partition coefficient (Wildman–Crippen LogP) is 5.22. The average Bonchev–Trinajstić information content (AvgIpc) is 3.33. The number of rotatable bonds is 7. The molecule has 1 saturated heterocycles. The Hall–Kier alpha value is -4.14. The van der Waals surface area contributed by atoms with Crippen LogP contribution in [0.1, 0.15) is 21.6 Å². The molecular weight excluding hydrogens is 510 g/mol. The van der Waals surface area contributed by atoms with Crippen LogP contribution in [0.4, 0.5) is 0 Å². The van der Waals surface area contributed by atoms with Crippen molar-refractivity contribution in [2.45, 2.75) is 6.92 Å². The number of hydrogen-bond donors (Lipinski definition) is 0. The van der Waals surface area contributed by atoms with Crippen molar-refractivity contribution in [2.24, 2.45) is 0 Å². The van der Waals surface area contributed by atoms with E-state index in [0.717, 1.165) is 34.0 Å². The van der Waals surface area contributed by atoms with Crippen molar-refractivity contribution in [2.75, 3.05) is 33.3 Å². The number of amides is 1. The third kappa shape index (κ3) is 5.67. The fourth-order valence-electron chi connectivity index (χ4n) is 4.86. The van der Waals surface area contributed by atoms with Gasteiger partial charge in [0.25, 0.3) is 5.91 Å². The molecule has 0 atom stereocenters. The molecule has 0 saturated carbocycles. The van der Waals surface area contributed by atoms with Gasteiger partial charge in [-0.25, -0.2) is 8.42 Å². The van der Waals surface area contributed by atoms with E-state index in [1.54, 1.807) is 18.1 Å². The number of para-hydroxylation sites is 1. The Morgan fingerprint density at radius 1 is 0.846 bits per heavy atom. The lowest BCUT2D eigenvalue weighted by Gasteiger charge is -2.33. The molecule has 200 valence electrons. The number of sulfonamides is 1. The van der Waals surface area contributed by atoms with Crippen molar-refractivity contribution in [1.29, 1.82) is 0 Å². The van der Waals surface area contributed by atoms with E-state index >= 15 is 0 Å². The SMILES string of the molecule is COc1cccc(-c2cc(C(=O)N3CCN(S(=O)(=O)/C=C/c4ccccc4)CC3)c(C)n2-c2ccccc2)c1. The Balaban J connectivity index is 1.39. The summed E-state index contributed by atoms with van der Waals surface area (Å²) in [7, 11) is -1.95. The molecule has 0 unspecified atom stereocenters. The van der Waals surface area contributed by atoms with E-state index in [0.29, 0.717) is 18.7 Å². The summed E-state index contributed by atoms with van der Waals surface area (Å²) in [6.45, 7) is 3.07. The van der Waals surface area contributed by atoms with E-state index in [1.807, 2.05) is 97.9 Å². The van der Waals surface area contributed by atoms with E-state index < -0.39 is 10.0 Å². The van der Waals surface area contributed by atoms with E-state index in [2.05, 4.69) is 4.57 Å². The maximum atomic E-state index is 13.7. The van der Waals surface area contributed by atoms with Gasteiger partial charge in [-0.2, -0.15) is 4.31 Å². The number of benzene rings is 3. The minimum atomic E-state index is -3.59. The highest BCUT2D eigenvalue weighted by atomic mass is 32.2. The summed E-state index contributed by atoms with van der Waals surface area (Å²) in [6, 6.07) is 28.9. The molecule has 1 fully saturated rings. The largest absolute Gasteiger partial charge is 0.497 e. The van der Waals surface area contributed by atoms with Gasteiger partial charge in [0.1, 0.15) is 5.75 Å². The molecule has 1 aliphatic heterocycles. The fraction of sp³-hybridized carbons (Fsp3) is 0.194. The molecule has 1 amide bonds. The molecule has 2 heterocycles. The molecule has 0 bridgehead atoms. The van der Waals surface area contributed by atoms with Gasteiger partial charge in [0.15, 0.2) is 0 Å². The number of hydrogen-bond acceptors (Lipinski definition) is 4. The lowest BCUT2D eigenvalue weighted by molar-refractivity contribution is 0.0698. The molecule has 3 aromatic carbocycles. The van der Waals surface area contributed by atoms with Gasteiger partial charge in [0.05, 0.1) is 18.4 Å². The van der Waals surface area contributed by atoms with E-state index in [4.69, 9.17) is 4.74 Å². The quantitative estimate of drug-likeness (QED) is 0.322. The number of methoxy groups -OCH3 is 1. The van der Waals surface area contributed by atoms with Gasteiger partial charge in [-0.15, -0.1) is 0 Å². The van der Waals surface area contributed by atoms with Crippen molar-refractivity contribution in [3.05, 3.63) is 113 Å². The van der Waals surface area contributed by atoms with Crippen LogP contribution in [-0.2, 0) is 10.0 Å². The second kappa shape index (κ2) is 11.3. The van der Waals surface area contributed by atoms with Gasteiger partial charge in [-0.1, -0.05) is 60.7 Å². The first kappa shape index (κ1) is 26.5. The second-order valence-electron chi connectivity index (χ2n) is 9.38. The second-order valence-corrected chi connectivity index (χ2v) is 11.2. The zero-order valence-corrected chi connectivity index (χ0v) is 22.8. The Morgan fingerprint density at radius 3 is 2.18 bits per heavy atom. The van der Waals surface area contributed by atoms with Crippen LogP contribution in [0, 0.1) is 6.92 Å². The minimum Gasteiger partial charge on any atom is -0.497 e. The smallest absolute Gasteiger partial charge is 0.255 e. The molecule has 5 rings (SSSR count). The average molecular weight is 542 g/mol. The Bertz CT molecular complexity index is 1590. The van der Waals surface area contributed by atoms with E-state index in [-0.39, 0.29) is 19.0 Å². The summed E-state index contributed by atoms with van der Waals surface area (Å²) >= 11 is 0. The highest BCUT2D eigenvalue weighted by Gasteiger charge is 2.30. The molecule has 1 aromatic heterocycles. The molecule has 0 N–H and O–H groups in total. The van der Waals surface area contributed by atoms with Crippen molar-refractivity contribution in [1.82, 2.24) is 13.8 Å². The van der Waals surface area contributed by atoms with Crippen molar-refractivity contribution < 1.29 is 17.9 Å². The number of carbonyl (C=O) groups excluding carboxylic acids is 1. The monoisotopic (exact) mass is 541 g/mol. The first-order chi connectivity index (χ1) is 18.9. The van der Waals surface area contributed by atoms with E-state index in [1.165, 1.54) is 9.71 Å². The highest BCUT2D eigenvalue weighted by molar-refractivity contribution is 7.92. The molecule has 0 spiro atoms. The first-order valence-electron chi connectivity index (χ1n) is 12.8. The third-order valence-corrected chi connectivity index (χ3v) is 8.54. The molecule has 7 nitrogen and oxygen atoms in total. The molecule has 0 aliphatic carbocycles. The predicted molar refractivity (Wildman–Crippen MR) is 154 cm³/mol. The molecule has 0 radical (unpaired) electrons. The zero-order chi connectivity index (χ0) is 27.4. The maximum Gasteiger partial charge on any atom is 0.255 e. The Kier molecular flexibility index (Phi) is 7.67. The number of nitrogens with zero attached hydrogens (tertiary/aromatic N) is 3. The van der Waals surface area contributed by atoms with Crippen LogP contribution in [0.15, 0.2) is 96.4 Å². The van der Waals surface area contributed by atoms with Gasteiger partial charge in [-0.3, -0.25) is 4.79 Å². The van der Waals surface area contributed by atoms with Crippen molar-refractivity contribution in [3.8, 4) is 22.7 Å². The summed E-state index contributed by atoms with van der Waals surface area (Å²) in [4.78, 5) is 15.5. The van der Waals surface area contributed by atoms with Crippen molar-refractivity contribution in [3.63, 3.8) is 0 Å². The zero-order valence-electron chi connectivity index (χ0n) is 22.0. The normalized spacial score (nSPS) is 14.6. The van der Waals surface area contributed by atoms with Gasteiger partial charge < -0.3 is 14.2 Å². The van der Waals surface area contributed by atoms with Crippen LogP contribution >= 0.6 is 0 Å². The lowest BCUT2D eigenvalue weighted by Crippen LogP contribution is -2.50. The molecular formula is C31H31N3O4S. The standard InChI is InChI=1S/C31H31N3O4S/c1-24-29(23-30(26-12-9-15-28(22-26)38-2)34(24)27-13-7-4-8-14-27)31(35)32-17-19-33(20-18-32)39(36,37)21-16-25-10-5-3-6-11-25/h3-16,21-23H,17-20H2,1-2H3/b21-16+. The molecule has 4 aromatic rings. The van der Waals surface area contributed by atoms with Crippen LogP contribution in [0.3, 0.4) is 0 Å². The Labute approximate surface area is 229 Å². The minimum absolute atomic E-state index is 0.108. The molecule has 8 heteroatoms. The van der Waals surface area contributed by atoms with Crippen LogP contribution in [-0.4, -0.2) is 61.4 Å². The van der Waals surface area contributed by atoms with Crippen LogP contribution in [0.5, 0.6) is 5.75 Å². The number of carbonyl (C=O) groups is 1. The van der Waals surface area contributed by atoms with Gasteiger partial charge >= 0.3 is 0 Å². The number of aromatic nitrogens is 1. The number of piperazine rings is 1. The summed E-state index contributed by atoms with van der Waals surface area (Å²) < 4.78 is 34.7.